The predicted octanol–water partition coefficient (Wildman–Crippen LogP) is 3.47. The van der Waals surface area contributed by atoms with E-state index < -0.39 is 0 Å². The molecule has 140 valence electrons. The molecule has 5 heteroatoms. The van der Waals surface area contributed by atoms with E-state index in [1.807, 2.05) is 25.7 Å². The second kappa shape index (κ2) is 7.98. The van der Waals surface area contributed by atoms with Crippen LogP contribution in [-0.4, -0.2) is 55.7 Å². The van der Waals surface area contributed by atoms with Crippen molar-refractivity contribution in [2.45, 2.75) is 47.1 Å². The molecule has 0 atom stereocenters. The van der Waals surface area contributed by atoms with E-state index in [2.05, 4.69) is 54.1 Å². The normalized spacial score (nSPS) is 15.3. The fourth-order valence-corrected chi connectivity index (χ4v) is 3.33. The molecule has 0 aromatic heterocycles. The van der Waals surface area contributed by atoms with E-state index in [1.54, 1.807) is 0 Å². The smallest absolute Gasteiger partial charge is 0.317 e. The van der Waals surface area contributed by atoms with Crippen LogP contribution in [-0.2, 0) is 0 Å². The molecular weight excluding hydrogens is 312 g/mol. The quantitative estimate of drug-likeness (QED) is 0.907. The zero-order valence-electron chi connectivity index (χ0n) is 16.7. The van der Waals surface area contributed by atoms with Crippen LogP contribution in [0.4, 0.5) is 16.2 Å². The van der Waals surface area contributed by atoms with Gasteiger partial charge in [-0.1, -0.05) is 0 Å². The number of piperazine rings is 1. The van der Waals surface area contributed by atoms with Gasteiger partial charge in [0.05, 0.1) is 0 Å². The van der Waals surface area contributed by atoms with Gasteiger partial charge in [-0.2, -0.15) is 0 Å². The lowest BCUT2D eigenvalue weighted by atomic mass is 10.1. The summed E-state index contributed by atoms with van der Waals surface area (Å²) in [7, 11) is 0. The molecule has 0 spiro atoms. The van der Waals surface area contributed by atoms with Gasteiger partial charge in [0.25, 0.3) is 0 Å². The maximum Gasteiger partial charge on any atom is 0.317 e. The number of benzene rings is 1. The molecule has 1 N–H and O–H groups in total. The largest absolute Gasteiger partial charge is 0.372 e. The summed E-state index contributed by atoms with van der Waals surface area (Å²) in [5.41, 5.74) is 3.68. The van der Waals surface area contributed by atoms with Crippen LogP contribution < -0.4 is 15.1 Å². The Kier molecular flexibility index (Phi) is 6.20. The lowest BCUT2D eigenvalue weighted by Crippen LogP contribution is -2.55. The molecule has 2 rings (SSSR count). The zero-order valence-corrected chi connectivity index (χ0v) is 16.7. The molecule has 1 heterocycles. The molecule has 0 unspecified atom stereocenters. The summed E-state index contributed by atoms with van der Waals surface area (Å²) in [6.07, 6.45) is 0. The molecule has 5 nitrogen and oxygen atoms in total. The van der Waals surface area contributed by atoms with Crippen molar-refractivity contribution in [2.75, 3.05) is 49.1 Å². The lowest BCUT2D eigenvalue weighted by Gasteiger charge is -2.38. The number of carbonyl (C=O) groups is 1. The third-order valence-corrected chi connectivity index (χ3v) is 4.70. The Balaban J connectivity index is 2.00. The van der Waals surface area contributed by atoms with Crippen molar-refractivity contribution < 1.29 is 4.79 Å². The summed E-state index contributed by atoms with van der Waals surface area (Å²) >= 11 is 0. The minimum absolute atomic E-state index is 0.0424. The molecule has 0 bridgehead atoms. The van der Waals surface area contributed by atoms with Gasteiger partial charge < -0.3 is 20.0 Å². The summed E-state index contributed by atoms with van der Waals surface area (Å²) in [6, 6.07) is 6.77. The van der Waals surface area contributed by atoms with Crippen LogP contribution in [0, 0.1) is 6.92 Å². The van der Waals surface area contributed by atoms with Gasteiger partial charge in [-0.25, -0.2) is 4.79 Å². The monoisotopic (exact) mass is 346 g/mol. The zero-order chi connectivity index (χ0) is 18.6. The number of nitrogens with zero attached hydrogens (tertiary/aromatic N) is 3. The van der Waals surface area contributed by atoms with Crippen molar-refractivity contribution in [2.24, 2.45) is 0 Å². The van der Waals surface area contributed by atoms with Gasteiger partial charge in [0, 0.05) is 56.2 Å². The van der Waals surface area contributed by atoms with Crippen molar-refractivity contribution in [3.63, 3.8) is 0 Å². The molecule has 25 heavy (non-hydrogen) atoms. The van der Waals surface area contributed by atoms with Gasteiger partial charge in [0.15, 0.2) is 0 Å². The highest BCUT2D eigenvalue weighted by Gasteiger charge is 2.24. The molecule has 1 aromatic rings. The number of anilines is 2. The summed E-state index contributed by atoms with van der Waals surface area (Å²) in [4.78, 5) is 19.0. The standard InChI is InChI=1S/C20H34N4O/c1-7-22(8-2)17-9-10-18(16(3)15-17)23-11-13-24(14-12-23)19(25)21-20(4,5)6/h9-10,15H,7-8,11-14H2,1-6H3,(H,21,25). The summed E-state index contributed by atoms with van der Waals surface area (Å²) in [5.74, 6) is 0. The Labute approximate surface area is 153 Å². The highest BCUT2D eigenvalue weighted by molar-refractivity contribution is 5.75. The van der Waals surface area contributed by atoms with Crippen molar-refractivity contribution in [3.05, 3.63) is 23.8 Å². The van der Waals surface area contributed by atoms with Crippen LogP contribution in [0.2, 0.25) is 0 Å². The van der Waals surface area contributed by atoms with Crippen molar-refractivity contribution >= 4 is 17.4 Å². The van der Waals surface area contributed by atoms with Crippen LogP contribution in [0.3, 0.4) is 0 Å². The Morgan fingerprint density at radius 2 is 1.72 bits per heavy atom. The van der Waals surface area contributed by atoms with Crippen molar-refractivity contribution in [3.8, 4) is 0 Å². The Morgan fingerprint density at radius 3 is 2.20 bits per heavy atom. The molecule has 0 aliphatic carbocycles. The van der Waals surface area contributed by atoms with Gasteiger partial charge in [-0.05, 0) is 65.3 Å². The molecule has 2 amide bonds. The van der Waals surface area contributed by atoms with E-state index in [0.717, 1.165) is 39.3 Å². The van der Waals surface area contributed by atoms with Crippen molar-refractivity contribution in [1.29, 1.82) is 0 Å². The Hall–Kier alpha value is -1.91. The van der Waals surface area contributed by atoms with E-state index in [1.165, 1.54) is 16.9 Å². The van der Waals surface area contributed by atoms with Gasteiger partial charge in [-0.3, -0.25) is 0 Å². The minimum Gasteiger partial charge on any atom is -0.372 e. The number of nitrogens with one attached hydrogen (secondary N) is 1. The molecule has 1 saturated heterocycles. The fraction of sp³-hybridized carbons (Fsp3) is 0.650. The molecular formula is C20H34N4O. The number of hydrogen-bond acceptors (Lipinski definition) is 3. The molecule has 1 aliphatic heterocycles. The lowest BCUT2D eigenvalue weighted by molar-refractivity contribution is 0.185. The molecule has 1 fully saturated rings. The maximum atomic E-state index is 12.3. The summed E-state index contributed by atoms with van der Waals surface area (Å²) in [6.45, 7) is 17.9. The first-order chi connectivity index (χ1) is 11.7. The third kappa shape index (κ3) is 5.03. The predicted molar refractivity (Wildman–Crippen MR) is 107 cm³/mol. The minimum atomic E-state index is -0.189. The van der Waals surface area contributed by atoms with E-state index in [-0.39, 0.29) is 11.6 Å². The number of rotatable bonds is 4. The van der Waals surface area contributed by atoms with Crippen LogP contribution in [0.1, 0.15) is 40.2 Å². The summed E-state index contributed by atoms with van der Waals surface area (Å²) in [5, 5.41) is 3.05. The first-order valence-electron chi connectivity index (χ1n) is 9.42. The molecule has 0 radical (unpaired) electrons. The van der Waals surface area contributed by atoms with Crippen molar-refractivity contribution in [1.82, 2.24) is 10.2 Å². The molecule has 1 aromatic carbocycles. The molecule has 1 aliphatic rings. The first-order valence-corrected chi connectivity index (χ1v) is 9.42. The Bertz CT molecular complexity index is 582. The maximum absolute atomic E-state index is 12.3. The average molecular weight is 347 g/mol. The fourth-order valence-electron chi connectivity index (χ4n) is 3.33. The number of urea groups is 1. The Morgan fingerprint density at radius 1 is 1.12 bits per heavy atom. The van der Waals surface area contributed by atoms with E-state index in [0.29, 0.717) is 0 Å². The van der Waals surface area contributed by atoms with Gasteiger partial charge >= 0.3 is 6.03 Å². The highest BCUT2D eigenvalue weighted by Crippen LogP contribution is 2.26. The third-order valence-electron chi connectivity index (χ3n) is 4.70. The van der Waals surface area contributed by atoms with Gasteiger partial charge in [-0.15, -0.1) is 0 Å². The van der Waals surface area contributed by atoms with E-state index in [9.17, 15) is 4.79 Å². The van der Waals surface area contributed by atoms with Gasteiger partial charge in [0.2, 0.25) is 0 Å². The average Bonchev–Trinajstić information content (AvgIpc) is 2.55. The second-order valence-electron chi connectivity index (χ2n) is 7.80. The van der Waals surface area contributed by atoms with E-state index >= 15 is 0 Å². The molecule has 0 saturated carbocycles. The van der Waals surface area contributed by atoms with Crippen LogP contribution in [0.5, 0.6) is 0 Å². The highest BCUT2D eigenvalue weighted by atomic mass is 16.2. The van der Waals surface area contributed by atoms with Gasteiger partial charge in [0.1, 0.15) is 0 Å². The number of amides is 2. The summed E-state index contributed by atoms with van der Waals surface area (Å²) < 4.78 is 0. The topological polar surface area (TPSA) is 38.8 Å². The van der Waals surface area contributed by atoms with Crippen LogP contribution in [0.15, 0.2) is 18.2 Å². The first kappa shape index (κ1) is 19.4. The second-order valence-corrected chi connectivity index (χ2v) is 7.80. The number of hydrogen-bond donors (Lipinski definition) is 1. The SMILES string of the molecule is CCN(CC)c1ccc(N2CCN(C(=O)NC(C)(C)C)CC2)c(C)c1. The van der Waals surface area contributed by atoms with E-state index in [4.69, 9.17) is 0 Å². The van der Waals surface area contributed by atoms with Crippen LogP contribution in [0.25, 0.3) is 0 Å². The number of aryl methyl sites for hydroxylation is 1. The number of carbonyl (C=O) groups excluding carboxylic acids is 1. The van der Waals surface area contributed by atoms with Crippen LogP contribution >= 0.6 is 0 Å².